The second kappa shape index (κ2) is 9.89. The van der Waals surface area contributed by atoms with Crippen LogP contribution in [0, 0.1) is 0 Å². The van der Waals surface area contributed by atoms with E-state index in [9.17, 15) is 4.79 Å². The van der Waals surface area contributed by atoms with Crippen molar-refractivity contribution < 1.29 is 14.3 Å². The van der Waals surface area contributed by atoms with Crippen molar-refractivity contribution in [3.05, 3.63) is 0 Å². The van der Waals surface area contributed by atoms with E-state index in [4.69, 9.17) is 9.47 Å². The molecule has 0 aromatic heterocycles. The largest absolute Gasteiger partial charge is 0.385 e. The number of methoxy groups -OCH3 is 1. The molecule has 0 saturated carbocycles. The van der Waals surface area contributed by atoms with Gasteiger partial charge in [0.05, 0.1) is 6.61 Å². The van der Waals surface area contributed by atoms with Gasteiger partial charge in [-0.1, -0.05) is 0 Å². The number of ether oxygens (including phenoxy) is 2. The van der Waals surface area contributed by atoms with Gasteiger partial charge in [-0.2, -0.15) is 0 Å². The van der Waals surface area contributed by atoms with Gasteiger partial charge >= 0.3 is 0 Å². The van der Waals surface area contributed by atoms with Crippen LogP contribution in [0.15, 0.2) is 0 Å². The third-order valence-corrected chi connectivity index (χ3v) is 1.91. The minimum absolute atomic E-state index is 0.0674. The zero-order valence-electron chi connectivity index (χ0n) is 9.84. The number of carbonyl (C=O) groups is 1. The first kappa shape index (κ1) is 14.3. The van der Waals surface area contributed by atoms with E-state index in [1.807, 2.05) is 7.05 Å². The minimum atomic E-state index is -0.388. The molecule has 0 radical (unpaired) electrons. The lowest BCUT2D eigenvalue weighted by Crippen LogP contribution is -2.36. The molecule has 5 heteroatoms. The average Bonchev–Trinajstić information content (AvgIpc) is 2.24. The first-order chi connectivity index (χ1) is 7.22. The molecule has 0 aliphatic carbocycles. The van der Waals surface area contributed by atoms with Gasteiger partial charge < -0.3 is 20.1 Å². The molecule has 0 bridgehead atoms. The molecular weight excluding hydrogens is 196 g/mol. The Balaban J connectivity index is 3.42. The predicted molar refractivity (Wildman–Crippen MR) is 58.8 cm³/mol. The summed E-state index contributed by atoms with van der Waals surface area (Å²) in [7, 11) is 3.49. The summed E-state index contributed by atoms with van der Waals surface area (Å²) in [6.45, 7) is 4.34. The van der Waals surface area contributed by atoms with Gasteiger partial charge in [0.2, 0.25) is 5.91 Å². The van der Waals surface area contributed by atoms with Crippen LogP contribution in [0.2, 0.25) is 0 Å². The highest BCUT2D eigenvalue weighted by atomic mass is 16.5. The molecule has 0 saturated heterocycles. The van der Waals surface area contributed by atoms with Gasteiger partial charge in [0.25, 0.3) is 0 Å². The Hall–Kier alpha value is -0.650. The third kappa shape index (κ3) is 8.35. The molecule has 0 aromatic carbocycles. The maximum absolute atomic E-state index is 11.4. The summed E-state index contributed by atoms with van der Waals surface area (Å²) in [5, 5.41) is 5.73. The number of rotatable bonds is 9. The second-order valence-corrected chi connectivity index (χ2v) is 3.25. The quantitative estimate of drug-likeness (QED) is 0.525. The monoisotopic (exact) mass is 218 g/mol. The van der Waals surface area contributed by atoms with Gasteiger partial charge in [0.15, 0.2) is 0 Å². The van der Waals surface area contributed by atoms with Crippen LogP contribution in [0.25, 0.3) is 0 Å². The Labute approximate surface area is 91.5 Å². The van der Waals surface area contributed by atoms with Crippen LogP contribution in [-0.4, -0.2) is 52.5 Å². The van der Waals surface area contributed by atoms with E-state index in [0.29, 0.717) is 19.8 Å². The van der Waals surface area contributed by atoms with Crippen LogP contribution < -0.4 is 10.6 Å². The van der Waals surface area contributed by atoms with Crippen molar-refractivity contribution in [1.82, 2.24) is 10.6 Å². The maximum atomic E-state index is 11.4. The molecule has 0 aliphatic heterocycles. The van der Waals surface area contributed by atoms with Crippen LogP contribution >= 0.6 is 0 Å². The molecule has 90 valence electrons. The topological polar surface area (TPSA) is 59.6 Å². The van der Waals surface area contributed by atoms with Crippen LogP contribution in [-0.2, 0) is 14.3 Å². The zero-order chi connectivity index (χ0) is 11.5. The highest BCUT2D eigenvalue weighted by Crippen LogP contribution is 1.90. The van der Waals surface area contributed by atoms with Crippen molar-refractivity contribution in [2.45, 2.75) is 19.4 Å². The molecule has 15 heavy (non-hydrogen) atoms. The van der Waals surface area contributed by atoms with Gasteiger partial charge in [-0.25, -0.2) is 0 Å². The maximum Gasteiger partial charge on any atom is 0.248 e. The average molecular weight is 218 g/mol. The molecule has 1 atom stereocenters. The van der Waals surface area contributed by atoms with Crippen LogP contribution in [0.5, 0.6) is 0 Å². The fraction of sp³-hybridized carbons (Fsp3) is 0.900. The van der Waals surface area contributed by atoms with Crippen LogP contribution in [0.1, 0.15) is 13.3 Å². The molecule has 0 aromatic rings. The standard InChI is InChI=1S/C10H22N2O3/c1-9(15-8-6-11-2)10(13)12-5-4-7-14-3/h9,11H,4-8H2,1-3H3,(H,12,13). The summed E-state index contributed by atoms with van der Waals surface area (Å²) >= 11 is 0. The second-order valence-electron chi connectivity index (χ2n) is 3.25. The Kier molecular flexibility index (Phi) is 9.46. The van der Waals surface area contributed by atoms with Gasteiger partial charge in [-0.3, -0.25) is 4.79 Å². The summed E-state index contributed by atoms with van der Waals surface area (Å²) in [6, 6.07) is 0. The molecule has 0 aliphatic rings. The molecule has 2 N–H and O–H groups in total. The Morgan fingerprint density at radius 2 is 2.07 bits per heavy atom. The van der Waals surface area contributed by atoms with Crippen molar-refractivity contribution in [3.8, 4) is 0 Å². The summed E-state index contributed by atoms with van der Waals surface area (Å²) < 4.78 is 10.2. The van der Waals surface area contributed by atoms with E-state index in [0.717, 1.165) is 13.0 Å². The highest BCUT2D eigenvalue weighted by Gasteiger charge is 2.11. The third-order valence-electron chi connectivity index (χ3n) is 1.91. The Bertz CT molecular complexity index is 165. The minimum Gasteiger partial charge on any atom is -0.385 e. The van der Waals surface area contributed by atoms with E-state index in [2.05, 4.69) is 10.6 Å². The van der Waals surface area contributed by atoms with Gasteiger partial charge in [0.1, 0.15) is 6.10 Å². The van der Waals surface area contributed by atoms with Crippen molar-refractivity contribution >= 4 is 5.91 Å². The number of amides is 1. The lowest BCUT2D eigenvalue weighted by molar-refractivity contribution is -0.131. The van der Waals surface area contributed by atoms with Gasteiger partial charge in [0, 0.05) is 26.8 Å². The number of hydrogen-bond donors (Lipinski definition) is 2. The molecule has 5 nitrogen and oxygen atoms in total. The molecule has 0 rings (SSSR count). The number of nitrogens with one attached hydrogen (secondary N) is 2. The lowest BCUT2D eigenvalue weighted by Gasteiger charge is -2.12. The molecular formula is C10H22N2O3. The van der Waals surface area contributed by atoms with E-state index in [-0.39, 0.29) is 12.0 Å². The first-order valence-electron chi connectivity index (χ1n) is 5.25. The zero-order valence-corrected chi connectivity index (χ0v) is 9.84. The van der Waals surface area contributed by atoms with Gasteiger partial charge in [-0.05, 0) is 20.4 Å². The fourth-order valence-electron chi connectivity index (χ4n) is 0.985. The number of hydrogen-bond acceptors (Lipinski definition) is 4. The first-order valence-corrected chi connectivity index (χ1v) is 5.25. The van der Waals surface area contributed by atoms with Crippen LogP contribution in [0.3, 0.4) is 0 Å². The predicted octanol–water partition coefficient (Wildman–Crippen LogP) is -0.236. The lowest BCUT2D eigenvalue weighted by atomic mass is 10.3. The number of likely N-dealkylation sites (N-methyl/N-ethyl adjacent to an activating group) is 1. The molecule has 0 heterocycles. The SMILES string of the molecule is CNCCOC(C)C(=O)NCCCOC. The van der Waals surface area contributed by atoms with Crippen molar-refractivity contribution in [1.29, 1.82) is 0 Å². The van der Waals surface area contributed by atoms with Crippen molar-refractivity contribution in [3.63, 3.8) is 0 Å². The fourth-order valence-corrected chi connectivity index (χ4v) is 0.985. The summed E-state index contributed by atoms with van der Waals surface area (Å²) in [5.41, 5.74) is 0. The smallest absolute Gasteiger partial charge is 0.248 e. The summed E-state index contributed by atoms with van der Waals surface area (Å²) in [4.78, 5) is 11.4. The highest BCUT2D eigenvalue weighted by molar-refractivity contribution is 5.80. The Morgan fingerprint density at radius 3 is 2.67 bits per heavy atom. The van der Waals surface area contributed by atoms with E-state index >= 15 is 0 Å². The molecule has 0 fully saturated rings. The normalized spacial score (nSPS) is 12.5. The molecule has 1 unspecified atom stereocenters. The Morgan fingerprint density at radius 1 is 1.33 bits per heavy atom. The van der Waals surface area contributed by atoms with E-state index in [1.165, 1.54) is 0 Å². The number of carbonyl (C=O) groups excluding carboxylic acids is 1. The van der Waals surface area contributed by atoms with E-state index in [1.54, 1.807) is 14.0 Å². The van der Waals surface area contributed by atoms with Crippen molar-refractivity contribution in [2.75, 3.05) is 40.5 Å². The van der Waals surface area contributed by atoms with Crippen molar-refractivity contribution in [2.24, 2.45) is 0 Å². The van der Waals surface area contributed by atoms with E-state index < -0.39 is 0 Å². The summed E-state index contributed by atoms with van der Waals surface area (Å²) in [6.07, 6.45) is 0.437. The van der Waals surface area contributed by atoms with Gasteiger partial charge in [-0.15, -0.1) is 0 Å². The molecule has 0 spiro atoms. The molecule has 1 amide bonds. The van der Waals surface area contributed by atoms with Crippen LogP contribution in [0.4, 0.5) is 0 Å². The summed E-state index contributed by atoms with van der Waals surface area (Å²) in [5.74, 6) is -0.0674.